The predicted molar refractivity (Wildman–Crippen MR) is 86.7 cm³/mol. The summed E-state index contributed by atoms with van der Waals surface area (Å²) >= 11 is 1.16. The summed E-state index contributed by atoms with van der Waals surface area (Å²) in [6, 6.07) is 6.53. The highest BCUT2D eigenvalue weighted by molar-refractivity contribution is 8.13. The summed E-state index contributed by atoms with van der Waals surface area (Å²) in [6.45, 7) is 4.21. The molecule has 0 aromatic heterocycles. The zero-order chi connectivity index (χ0) is 15.7. The fourth-order valence-electron chi connectivity index (χ4n) is 1.66. The molecular weight excluding hydrogens is 308 g/mol. The fourth-order valence-corrected chi connectivity index (χ4v) is 3.73. The molecule has 0 N–H and O–H groups in total. The van der Waals surface area contributed by atoms with Crippen molar-refractivity contribution in [2.45, 2.75) is 38.0 Å². The Morgan fingerprint density at radius 2 is 1.86 bits per heavy atom. The number of hydrogen-bond donors (Lipinski definition) is 0. The van der Waals surface area contributed by atoms with Gasteiger partial charge in [-0.3, -0.25) is 4.79 Å². The van der Waals surface area contributed by atoms with Crippen LogP contribution >= 0.6 is 11.8 Å². The molecule has 0 aliphatic carbocycles. The van der Waals surface area contributed by atoms with Gasteiger partial charge < -0.3 is 4.74 Å². The summed E-state index contributed by atoms with van der Waals surface area (Å²) in [5.41, 5.74) is 0. The van der Waals surface area contributed by atoms with E-state index in [4.69, 9.17) is 4.74 Å². The SMILES string of the molecule is CCCCOc1ccc(S(=O)(=O)CCCSC(C)=O)cc1. The smallest absolute Gasteiger partial charge is 0.185 e. The van der Waals surface area contributed by atoms with E-state index in [1.165, 1.54) is 6.92 Å². The quantitative estimate of drug-likeness (QED) is 0.650. The molecule has 4 nitrogen and oxygen atoms in total. The van der Waals surface area contributed by atoms with Crippen LogP contribution in [0.15, 0.2) is 29.2 Å². The molecule has 0 radical (unpaired) electrons. The number of hydrogen-bond acceptors (Lipinski definition) is 5. The molecular formula is C15H22O4S2. The highest BCUT2D eigenvalue weighted by Gasteiger charge is 2.14. The maximum Gasteiger partial charge on any atom is 0.185 e. The summed E-state index contributed by atoms with van der Waals surface area (Å²) < 4.78 is 29.7. The average molecular weight is 330 g/mol. The Labute approximate surface area is 131 Å². The van der Waals surface area contributed by atoms with E-state index < -0.39 is 9.84 Å². The van der Waals surface area contributed by atoms with Crippen LogP contribution in [-0.4, -0.2) is 31.6 Å². The number of ether oxygens (including phenoxy) is 1. The molecule has 0 aliphatic heterocycles. The first-order valence-corrected chi connectivity index (χ1v) is 9.68. The lowest BCUT2D eigenvalue weighted by atomic mass is 10.3. The summed E-state index contributed by atoms with van der Waals surface area (Å²) in [6.07, 6.45) is 2.51. The van der Waals surface area contributed by atoms with Gasteiger partial charge >= 0.3 is 0 Å². The van der Waals surface area contributed by atoms with Gasteiger partial charge in [-0.05, 0) is 37.1 Å². The van der Waals surface area contributed by atoms with Gasteiger partial charge in [-0.2, -0.15) is 0 Å². The molecule has 0 bridgehead atoms. The van der Waals surface area contributed by atoms with Crippen LogP contribution < -0.4 is 4.74 Å². The summed E-state index contributed by atoms with van der Waals surface area (Å²) in [5, 5.41) is 0.0148. The van der Waals surface area contributed by atoms with E-state index >= 15 is 0 Å². The topological polar surface area (TPSA) is 60.4 Å². The van der Waals surface area contributed by atoms with Crippen molar-refractivity contribution in [2.24, 2.45) is 0 Å². The molecule has 1 aromatic carbocycles. The molecule has 6 heteroatoms. The van der Waals surface area contributed by atoms with Gasteiger partial charge in [0.15, 0.2) is 15.0 Å². The number of sulfone groups is 1. The number of carbonyl (C=O) groups is 1. The molecule has 118 valence electrons. The van der Waals surface area contributed by atoms with Gasteiger partial charge in [-0.15, -0.1) is 0 Å². The monoisotopic (exact) mass is 330 g/mol. The zero-order valence-electron chi connectivity index (χ0n) is 12.5. The van der Waals surface area contributed by atoms with Crippen molar-refractivity contribution in [3.05, 3.63) is 24.3 Å². The zero-order valence-corrected chi connectivity index (χ0v) is 14.1. The first-order valence-electron chi connectivity index (χ1n) is 7.04. The molecule has 0 saturated heterocycles. The molecule has 0 fully saturated rings. The second kappa shape index (κ2) is 9.10. The van der Waals surface area contributed by atoms with Crippen LogP contribution in [0.1, 0.15) is 33.1 Å². The third-order valence-electron chi connectivity index (χ3n) is 2.81. The summed E-state index contributed by atoms with van der Waals surface area (Å²) in [4.78, 5) is 11.1. The number of unbranched alkanes of at least 4 members (excludes halogenated alkanes) is 1. The normalized spacial score (nSPS) is 11.3. The van der Waals surface area contributed by atoms with E-state index in [9.17, 15) is 13.2 Å². The van der Waals surface area contributed by atoms with Crippen molar-refractivity contribution in [1.82, 2.24) is 0 Å². The number of rotatable bonds is 9. The van der Waals surface area contributed by atoms with Crippen LogP contribution in [0.5, 0.6) is 5.75 Å². The summed E-state index contributed by atoms with van der Waals surface area (Å²) in [5.74, 6) is 1.28. The highest BCUT2D eigenvalue weighted by atomic mass is 32.2. The lowest BCUT2D eigenvalue weighted by Gasteiger charge is -2.07. The van der Waals surface area contributed by atoms with Crippen molar-refractivity contribution < 1.29 is 17.9 Å². The Hall–Kier alpha value is -1.01. The van der Waals surface area contributed by atoms with Crippen LogP contribution in [0.3, 0.4) is 0 Å². The van der Waals surface area contributed by atoms with Gasteiger partial charge in [-0.25, -0.2) is 8.42 Å². The molecule has 1 rings (SSSR count). The van der Waals surface area contributed by atoms with Crippen molar-refractivity contribution in [2.75, 3.05) is 18.1 Å². The van der Waals surface area contributed by atoms with Gasteiger partial charge in [0.05, 0.1) is 17.3 Å². The first kappa shape index (κ1) is 18.0. The van der Waals surface area contributed by atoms with Gasteiger partial charge in [0.25, 0.3) is 0 Å². The Bertz CT molecular complexity index is 535. The van der Waals surface area contributed by atoms with E-state index in [-0.39, 0.29) is 10.9 Å². The minimum atomic E-state index is -3.28. The molecule has 0 aliphatic rings. The molecule has 0 spiro atoms. The van der Waals surface area contributed by atoms with Crippen molar-refractivity contribution >= 4 is 26.7 Å². The van der Waals surface area contributed by atoms with Gasteiger partial charge in [0, 0.05) is 12.7 Å². The van der Waals surface area contributed by atoms with E-state index in [1.807, 2.05) is 0 Å². The van der Waals surface area contributed by atoms with Crippen LogP contribution in [0.2, 0.25) is 0 Å². The predicted octanol–water partition coefficient (Wildman–Crippen LogP) is 3.31. The Balaban J connectivity index is 2.52. The number of thioether (sulfide) groups is 1. The van der Waals surface area contributed by atoms with Crippen LogP contribution in [0.25, 0.3) is 0 Å². The maximum atomic E-state index is 12.1. The second-order valence-electron chi connectivity index (χ2n) is 4.69. The fraction of sp³-hybridized carbons (Fsp3) is 0.533. The third-order valence-corrected chi connectivity index (χ3v) is 5.53. The van der Waals surface area contributed by atoms with Crippen LogP contribution in [0.4, 0.5) is 0 Å². The maximum absolute atomic E-state index is 12.1. The Morgan fingerprint density at radius 1 is 1.19 bits per heavy atom. The van der Waals surface area contributed by atoms with E-state index in [2.05, 4.69) is 6.92 Å². The van der Waals surface area contributed by atoms with Crippen LogP contribution in [-0.2, 0) is 14.6 Å². The average Bonchev–Trinajstić information content (AvgIpc) is 2.44. The summed E-state index contributed by atoms with van der Waals surface area (Å²) in [7, 11) is -3.28. The number of carbonyl (C=O) groups excluding carboxylic acids is 1. The lowest BCUT2D eigenvalue weighted by molar-refractivity contribution is -0.109. The van der Waals surface area contributed by atoms with E-state index in [0.29, 0.717) is 29.4 Å². The van der Waals surface area contributed by atoms with Crippen molar-refractivity contribution in [1.29, 1.82) is 0 Å². The molecule has 0 amide bonds. The standard InChI is InChI=1S/C15H22O4S2/c1-3-4-10-19-14-6-8-15(9-7-14)21(17,18)12-5-11-20-13(2)16/h6-9H,3-5,10-12H2,1-2H3. The van der Waals surface area contributed by atoms with E-state index in [0.717, 1.165) is 24.6 Å². The van der Waals surface area contributed by atoms with Gasteiger partial charge in [0.1, 0.15) is 5.75 Å². The number of benzene rings is 1. The molecule has 0 unspecified atom stereocenters. The first-order chi connectivity index (χ1) is 9.95. The Kier molecular flexibility index (Phi) is 7.82. The lowest BCUT2D eigenvalue weighted by Crippen LogP contribution is -2.08. The Morgan fingerprint density at radius 3 is 2.43 bits per heavy atom. The van der Waals surface area contributed by atoms with Crippen molar-refractivity contribution in [3.8, 4) is 5.75 Å². The van der Waals surface area contributed by atoms with E-state index in [1.54, 1.807) is 24.3 Å². The highest BCUT2D eigenvalue weighted by Crippen LogP contribution is 2.18. The second-order valence-corrected chi connectivity index (χ2v) is 8.07. The third kappa shape index (κ3) is 7.00. The molecule has 0 atom stereocenters. The van der Waals surface area contributed by atoms with Crippen LogP contribution in [0, 0.1) is 0 Å². The largest absolute Gasteiger partial charge is 0.494 e. The molecule has 0 heterocycles. The minimum absolute atomic E-state index is 0.0148. The minimum Gasteiger partial charge on any atom is -0.494 e. The molecule has 21 heavy (non-hydrogen) atoms. The molecule has 0 saturated carbocycles. The molecule has 1 aromatic rings. The van der Waals surface area contributed by atoms with Gasteiger partial charge in [-0.1, -0.05) is 25.1 Å². The van der Waals surface area contributed by atoms with Crippen molar-refractivity contribution in [3.63, 3.8) is 0 Å². The van der Waals surface area contributed by atoms with Gasteiger partial charge in [0.2, 0.25) is 0 Å².